The summed E-state index contributed by atoms with van der Waals surface area (Å²) in [4.78, 5) is 19.5. The molecule has 3 aromatic rings. The predicted octanol–water partition coefficient (Wildman–Crippen LogP) is 6.46. The van der Waals surface area contributed by atoms with Gasteiger partial charge in [-0.3, -0.25) is 9.36 Å². The van der Waals surface area contributed by atoms with Crippen LogP contribution in [-0.4, -0.2) is 15.3 Å². The van der Waals surface area contributed by atoms with Crippen LogP contribution in [0.4, 0.5) is 0 Å². The van der Waals surface area contributed by atoms with E-state index in [0.717, 1.165) is 39.7 Å². The molecule has 0 spiro atoms. The molecule has 0 bridgehead atoms. The highest BCUT2D eigenvalue weighted by Gasteiger charge is 2.44. The van der Waals surface area contributed by atoms with Gasteiger partial charge in [0.05, 0.1) is 17.8 Å². The lowest BCUT2D eigenvalue weighted by molar-refractivity contribution is 0.212. The highest BCUT2D eigenvalue weighted by molar-refractivity contribution is 7.99. The fraction of sp³-hybridized carbons (Fsp3) is 0.429. The van der Waals surface area contributed by atoms with Crippen LogP contribution >= 0.6 is 11.8 Å². The molecule has 0 amide bonds. The minimum atomic E-state index is -0.165. The molecular weight excluding hydrogens is 412 g/mol. The Kier molecular flexibility index (Phi) is 5.98. The van der Waals surface area contributed by atoms with Crippen LogP contribution in [0.2, 0.25) is 0 Å². The second-order valence-electron chi connectivity index (χ2n) is 9.51. The molecule has 1 heterocycles. The van der Waals surface area contributed by atoms with Gasteiger partial charge in [0.15, 0.2) is 5.16 Å². The van der Waals surface area contributed by atoms with E-state index in [4.69, 9.17) is 4.98 Å². The summed E-state index contributed by atoms with van der Waals surface area (Å²) < 4.78 is 1.94. The van der Waals surface area contributed by atoms with Crippen LogP contribution in [0.3, 0.4) is 0 Å². The van der Waals surface area contributed by atoms with Crippen LogP contribution in [0, 0.1) is 5.92 Å². The molecule has 0 aliphatic heterocycles. The van der Waals surface area contributed by atoms with Gasteiger partial charge >= 0.3 is 0 Å². The Hall–Kier alpha value is -2.33. The van der Waals surface area contributed by atoms with Gasteiger partial charge < -0.3 is 0 Å². The molecular formula is C28H32N2OS. The fourth-order valence-corrected chi connectivity index (χ4v) is 6.58. The highest BCUT2D eigenvalue weighted by Crippen LogP contribution is 2.49. The number of benzene rings is 2. The Morgan fingerprint density at radius 3 is 2.50 bits per heavy atom. The summed E-state index contributed by atoms with van der Waals surface area (Å²) in [6, 6.07) is 18.9. The SMILES string of the molecule is CCSc1nc2c(c(=O)n1Cc1ccccc1)[C@@](C)(C1CCCCC1)Cc1ccccc1-2. The summed E-state index contributed by atoms with van der Waals surface area (Å²) in [5, 5.41) is 0.836. The molecule has 0 radical (unpaired) electrons. The fourth-order valence-electron chi connectivity index (χ4n) is 5.87. The number of aromatic nitrogens is 2. The summed E-state index contributed by atoms with van der Waals surface area (Å²) >= 11 is 1.67. The van der Waals surface area contributed by atoms with E-state index in [1.54, 1.807) is 11.8 Å². The van der Waals surface area contributed by atoms with E-state index in [2.05, 4.69) is 50.2 Å². The summed E-state index contributed by atoms with van der Waals surface area (Å²) in [6.45, 7) is 5.05. The lowest BCUT2D eigenvalue weighted by atomic mass is 9.60. The van der Waals surface area contributed by atoms with Crippen molar-refractivity contribution in [3.05, 3.63) is 81.6 Å². The number of rotatable bonds is 5. The van der Waals surface area contributed by atoms with Crippen LogP contribution in [-0.2, 0) is 18.4 Å². The van der Waals surface area contributed by atoms with Gasteiger partial charge in [-0.2, -0.15) is 0 Å². The maximum atomic E-state index is 14.3. The van der Waals surface area contributed by atoms with Crippen LogP contribution in [0.5, 0.6) is 0 Å². The van der Waals surface area contributed by atoms with E-state index >= 15 is 0 Å². The van der Waals surface area contributed by atoms with Crippen LogP contribution in [0.25, 0.3) is 11.3 Å². The first-order chi connectivity index (χ1) is 15.6. The summed E-state index contributed by atoms with van der Waals surface area (Å²) in [5.74, 6) is 1.43. The van der Waals surface area contributed by atoms with Gasteiger partial charge in [0.25, 0.3) is 5.56 Å². The molecule has 4 heteroatoms. The van der Waals surface area contributed by atoms with Gasteiger partial charge in [-0.25, -0.2) is 4.98 Å². The number of hydrogen-bond acceptors (Lipinski definition) is 3. The largest absolute Gasteiger partial charge is 0.283 e. The maximum Gasteiger partial charge on any atom is 0.258 e. The summed E-state index contributed by atoms with van der Waals surface area (Å²) in [7, 11) is 0. The Bertz CT molecular complexity index is 1160. The van der Waals surface area contributed by atoms with Crippen molar-refractivity contribution in [1.29, 1.82) is 0 Å². The third-order valence-corrected chi connectivity index (χ3v) is 8.36. The third kappa shape index (κ3) is 3.73. The zero-order valence-corrected chi connectivity index (χ0v) is 20.0. The van der Waals surface area contributed by atoms with E-state index in [1.165, 1.54) is 37.7 Å². The van der Waals surface area contributed by atoms with Crippen molar-refractivity contribution in [2.45, 2.75) is 69.5 Å². The zero-order valence-electron chi connectivity index (χ0n) is 19.1. The normalized spacial score (nSPS) is 20.6. The predicted molar refractivity (Wildman–Crippen MR) is 134 cm³/mol. The molecule has 3 nitrogen and oxygen atoms in total. The molecule has 32 heavy (non-hydrogen) atoms. The van der Waals surface area contributed by atoms with E-state index in [9.17, 15) is 4.79 Å². The highest BCUT2D eigenvalue weighted by atomic mass is 32.2. The second-order valence-corrected chi connectivity index (χ2v) is 10.7. The molecule has 2 aromatic carbocycles. The van der Waals surface area contributed by atoms with Gasteiger partial charge in [0.1, 0.15) is 0 Å². The van der Waals surface area contributed by atoms with Crippen molar-refractivity contribution in [2.75, 3.05) is 5.75 Å². The topological polar surface area (TPSA) is 34.9 Å². The Labute approximate surface area is 195 Å². The molecule has 0 N–H and O–H groups in total. The average molecular weight is 445 g/mol. The molecule has 1 fully saturated rings. The smallest absolute Gasteiger partial charge is 0.258 e. The van der Waals surface area contributed by atoms with Crippen LogP contribution in [0.15, 0.2) is 64.5 Å². The summed E-state index contributed by atoms with van der Waals surface area (Å²) in [6.07, 6.45) is 7.21. The first-order valence-electron chi connectivity index (χ1n) is 12.0. The van der Waals surface area contributed by atoms with Crippen LogP contribution in [0.1, 0.15) is 62.6 Å². The van der Waals surface area contributed by atoms with E-state index < -0.39 is 0 Å². The molecule has 1 aromatic heterocycles. The van der Waals surface area contributed by atoms with Crippen molar-refractivity contribution in [3.8, 4) is 11.3 Å². The molecule has 2 aliphatic carbocycles. The number of hydrogen-bond donors (Lipinski definition) is 0. The first-order valence-corrected chi connectivity index (χ1v) is 13.0. The third-order valence-electron chi connectivity index (χ3n) is 7.50. The number of fused-ring (bicyclic) bond motifs is 3. The maximum absolute atomic E-state index is 14.3. The van der Waals surface area contributed by atoms with Gasteiger partial charge in [-0.05, 0) is 42.1 Å². The Morgan fingerprint density at radius 1 is 1.03 bits per heavy atom. The van der Waals surface area contributed by atoms with E-state index in [1.807, 2.05) is 22.8 Å². The van der Waals surface area contributed by atoms with Gasteiger partial charge in [-0.1, -0.05) is 99.5 Å². The molecule has 0 saturated heterocycles. The molecule has 2 aliphatic rings. The number of nitrogens with zero attached hydrogens (tertiary/aromatic N) is 2. The van der Waals surface area contributed by atoms with Crippen molar-refractivity contribution in [1.82, 2.24) is 9.55 Å². The Balaban J connectivity index is 1.74. The van der Waals surface area contributed by atoms with Crippen molar-refractivity contribution >= 4 is 11.8 Å². The van der Waals surface area contributed by atoms with E-state index in [0.29, 0.717) is 12.5 Å². The van der Waals surface area contributed by atoms with Gasteiger partial charge in [-0.15, -0.1) is 0 Å². The van der Waals surface area contributed by atoms with E-state index in [-0.39, 0.29) is 11.0 Å². The lowest BCUT2D eigenvalue weighted by Crippen LogP contribution is -2.45. The monoisotopic (exact) mass is 444 g/mol. The van der Waals surface area contributed by atoms with Crippen LogP contribution < -0.4 is 5.56 Å². The minimum Gasteiger partial charge on any atom is -0.283 e. The second kappa shape index (κ2) is 8.90. The van der Waals surface area contributed by atoms with Gasteiger partial charge in [0, 0.05) is 11.0 Å². The van der Waals surface area contributed by atoms with Crippen molar-refractivity contribution in [3.63, 3.8) is 0 Å². The molecule has 0 unspecified atom stereocenters. The molecule has 166 valence electrons. The Morgan fingerprint density at radius 2 is 1.75 bits per heavy atom. The van der Waals surface area contributed by atoms with Crippen molar-refractivity contribution < 1.29 is 0 Å². The quantitative estimate of drug-likeness (QED) is 0.334. The van der Waals surface area contributed by atoms with Crippen molar-refractivity contribution in [2.24, 2.45) is 5.92 Å². The first kappa shape index (κ1) is 21.5. The average Bonchev–Trinajstić information content (AvgIpc) is 2.82. The number of thioether (sulfide) groups is 1. The van der Waals surface area contributed by atoms with Gasteiger partial charge in [0.2, 0.25) is 0 Å². The summed E-state index contributed by atoms with van der Waals surface area (Å²) in [5.41, 5.74) is 5.53. The lowest BCUT2D eigenvalue weighted by Gasteiger charge is -2.44. The molecule has 1 saturated carbocycles. The molecule has 5 rings (SSSR count). The minimum absolute atomic E-state index is 0.164. The standard InChI is InChI=1S/C28H32N2OS/c1-3-32-27-29-25-23-17-11-10-14-21(23)18-28(2,22-15-8-5-9-16-22)24(25)26(31)30(27)19-20-12-6-4-7-13-20/h4,6-7,10-14,17,22H,3,5,8-9,15-16,18-19H2,1-2H3/t28-/m1/s1. The molecule has 1 atom stereocenters. The zero-order chi connectivity index (χ0) is 22.1.